The third-order valence-electron chi connectivity index (χ3n) is 8.07. The monoisotopic (exact) mass is 588 g/mol. The van der Waals surface area contributed by atoms with Gasteiger partial charge < -0.3 is 0 Å². The number of halogens is 5. The van der Waals surface area contributed by atoms with Crippen molar-refractivity contribution in [3.05, 3.63) is 99.7 Å². The molecule has 0 bridgehead atoms. The summed E-state index contributed by atoms with van der Waals surface area (Å²) in [6, 6.07) is 19.4. The summed E-state index contributed by atoms with van der Waals surface area (Å²) in [5.41, 5.74) is 4.03. The first kappa shape index (κ1) is 24.4. The fourth-order valence-electron chi connectivity index (χ4n) is 6.72. The number of benzene rings is 4. The van der Waals surface area contributed by atoms with E-state index in [9.17, 15) is 0 Å². The molecule has 7 heteroatoms. The van der Waals surface area contributed by atoms with Crippen LogP contribution in [-0.2, 0) is 11.8 Å². The van der Waals surface area contributed by atoms with Crippen LogP contribution in [0.4, 0.5) is 17.6 Å². The Morgan fingerprint density at radius 3 is 1.77 bits per heavy atom. The van der Waals surface area contributed by atoms with Gasteiger partial charge in [0.25, 0.3) is 11.8 Å². The van der Waals surface area contributed by atoms with E-state index < -0.39 is 29.4 Å². The van der Waals surface area contributed by atoms with Crippen LogP contribution >= 0.6 is 34.3 Å². The first-order chi connectivity index (χ1) is 19.2. The van der Waals surface area contributed by atoms with E-state index in [1.54, 1.807) is 34.8 Å². The first-order valence-corrected chi connectivity index (χ1v) is 14.8. The van der Waals surface area contributed by atoms with Crippen LogP contribution in [0.2, 0.25) is 5.02 Å². The summed E-state index contributed by atoms with van der Waals surface area (Å²) < 4.78 is 62.2. The van der Waals surface area contributed by atoms with Gasteiger partial charge in [-0.1, -0.05) is 60.7 Å². The number of hydrogen-bond acceptors (Lipinski definition) is 2. The van der Waals surface area contributed by atoms with E-state index in [-0.39, 0.29) is 16.0 Å². The second-order valence-corrected chi connectivity index (χ2v) is 12.5. The lowest BCUT2D eigenvalue weighted by molar-refractivity contribution is -0.124. The Labute approximate surface area is 239 Å². The summed E-state index contributed by atoms with van der Waals surface area (Å²) >= 11 is 9.80. The van der Waals surface area contributed by atoms with Gasteiger partial charge in [-0.15, -0.1) is 22.7 Å². The molecule has 2 heterocycles. The number of alkyl halides is 4. The molecule has 0 unspecified atom stereocenters. The van der Waals surface area contributed by atoms with Crippen LogP contribution in [-0.4, -0.2) is 0 Å². The highest BCUT2D eigenvalue weighted by molar-refractivity contribution is 7.14. The lowest BCUT2D eigenvalue weighted by Crippen LogP contribution is -2.32. The van der Waals surface area contributed by atoms with Crippen LogP contribution in [0.15, 0.2) is 78.0 Å². The molecule has 0 spiro atoms. The molecule has 8 rings (SSSR count). The molecular weight excluding hydrogens is 572 g/mol. The maximum atomic E-state index is 15.6. The average molecular weight is 589 g/mol. The van der Waals surface area contributed by atoms with Crippen LogP contribution in [0.5, 0.6) is 0 Å². The molecule has 196 valence electrons. The highest BCUT2D eigenvalue weighted by atomic mass is 35.5. The zero-order valence-electron chi connectivity index (χ0n) is 20.6. The summed E-state index contributed by atoms with van der Waals surface area (Å²) in [4.78, 5) is 2.00. The quantitative estimate of drug-likeness (QED) is 0.180. The molecule has 0 fully saturated rings. The van der Waals surface area contributed by atoms with Gasteiger partial charge in [0.2, 0.25) is 0 Å². The van der Waals surface area contributed by atoms with Crippen LogP contribution in [0.25, 0.3) is 70.8 Å². The number of hydrogen-bond donors (Lipinski definition) is 0. The Balaban J connectivity index is 1.69. The van der Waals surface area contributed by atoms with Gasteiger partial charge in [0.1, 0.15) is 0 Å². The van der Waals surface area contributed by atoms with Gasteiger partial charge in [-0.2, -0.15) is 0 Å². The SMILES string of the molecule is C=Cc1cc2c3c(cc(Cl)c4c3c1C(F)(F)CC4(F)F)-c1c-2c(-c2cccs2)c2ccccc2c1-c1cccs1. The first-order valence-electron chi connectivity index (χ1n) is 12.6. The summed E-state index contributed by atoms with van der Waals surface area (Å²) in [6.07, 6.45) is -0.282. The standard InChI is InChI=1S/C33H17ClF4S2/c1-2-16-13-19-24-20(14-21(34)31-29(24)30(16)32(35,36)15-33(31,37)38)28-26(23-10-6-12-40-23)18-8-4-3-7-17(18)25(27(19)28)22-9-5-11-39-22/h2-14H,1,15H2. The zero-order chi connectivity index (χ0) is 27.6. The topological polar surface area (TPSA) is 0 Å². The second-order valence-electron chi connectivity index (χ2n) is 10.2. The minimum absolute atomic E-state index is 0.147. The molecule has 0 nitrogen and oxygen atoms in total. The van der Waals surface area contributed by atoms with E-state index in [1.807, 2.05) is 47.2 Å². The summed E-state index contributed by atoms with van der Waals surface area (Å²) in [7, 11) is 0. The number of thiophene rings is 2. The number of fused-ring (bicyclic) bond motifs is 4. The highest BCUT2D eigenvalue weighted by Gasteiger charge is 2.54. The lowest BCUT2D eigenvalue weighted by atomic mass is 9.79. The molecule has 0 amide bonds. The van der Waals surface area contributed by atoms with Gasteiger partial charge in [0, 0.05) is 48.5 Å². The predicted octanol–water partition coefficient (Wildman–Crippen LogP) is 12.0. The fraction of sp³-hybridized carbons (Fsp3) is 0.0909. The molecule has 0 atom stereocenters. The minimum atomic E-state index is -3.80. The van der Waals surface area contributed by atoms with Crippen molar-refractivity contribution in [1.29, 1.82) is 0 Å². The molecular formula is C33H17ClF4S2. The molecule has 40 heavy (non-hydrogen) atoms. The van der Waals surface area contributed by atoms with Gasteiger partial charge in [0.05, 0.1) is 11.4 Å². The Hall–Kier alpha value is -3.45. The molecule has 0 saturated heterocycles. The van der Waals surface area contributed by atoms with Gasteiger partial charge >= 0.3 is 0 Å². The Morgan fingerprint density at radius 2 is 1.25 bits per heavy atom. The van der Waals surface area contributed by atoms with Gasteiger partial charge in [0.15, 0.2) is 0 Å². The van der Waals surface area contributed by atoms with Crippen LogP contribution in [0, 0.1) is 0 Å². The molecule has 6 aromatic rings. The molecule has 2 aliphatic rings. The smallest absolute Gasteiger partial charge is 0.201 e. The normalized spacial score (nSPS) is 16.0. The molecule has 2 aliphatic carbocycles. The van der Waals surface area contributed by atoms with Gasteiger partial charge in [-0.3, -0.25) is 0 Å². The Morgan fingerprint density at radius 1 is 0.700 bits per heavy atom. The van der Waals surface area contributed by atoms with Crippen molar-refractivity contribution in [3.8, 4) is 43.1 Å². The molecule has 4 aromatic carbocycles. The van der Waals surface area contributed by atoms with Gasteiger partial charge in [-0.05, 0) is 67.9 Å². The van der Waals surface area contributed by atoms with Crippen molar-refractivity contribution in [3.63, 3.8) is 0 Å². The highest BCUT2D eigenvalue weighted by Crippen LogP contribution is 2.64. The van der Waals surface area contributed by atoms with E-state index in [0.29, 0.717) is 16.5 Å². The van der Waals surface area contributed by atoms with E-state index in [2.05, 4.69) is 18.7 Å². The molecule has 0 saturated carbocycles. The lowest BCUT2D eigenvalue weighted by Gasteiger charge is -2.34. The van der Waals surface area contributed by atoms with E-state index in [4.69, 9.17) is 11.6 Å². The van der Waals surface area contributed by atoms with Gasteiger partial charge in [-0.25, -0.2) is 17.6 Å². The molecule has 0 radical (unpaired) electrons. The largest absolute Gasteiger partial charge is 0.281 e. The summed E-state index contributed by atoms with van der Waals surface area (Å²) in [6.45, 7) is 3.80. The van der Waals surface area contributed by atoms with Crippen molar-refractivity contribution in [1.82, 2.24) is 0 Å². The predicted molar refractivity (Wildman–Crippen MR) is 160 cm³/mol. The molecule has 2 aromatic heterocycles. The van der Waals surface area contributed by atoms with E-state index >= 15 is 17.6 Å². The maximum absolute atomic E-state index is 15.6. The van der Waals surface area contributed by atoms with Crippen molar-refractivity contribution < 1.29 is 17.6 Å². The Bertz CT molecular complexity index is 2060. The van der Waals surface area contributed by atoms with Crippen LogP contribution < -0.4 is 0 Å². The molecule has 0 aliphatic heterocycles. The van der Waals surface area contributed by atoms with Crippen molar-refractivity contribution in [2.75, 3.05) is 0 Å². The van der Waals surface area contributed by atoms with Crippen LogP contribution in [0.1, 0.15) is 23.1 Å². The minimum Gasteiger partial charge on any atom is -0.201 e. The zero-order valence-corrected chi connectivity index (χ0v) is 23.0. The maximum Gasteiger partial charge on any atom is 0.281 e. The van der Waals surface area contributed by atoms with Crippen LogP contribution in [0.3, 0.4) is 0 Å². The fourth-order valence-corrected chi connectivity index (χ4v) is 8.64. The van der Waals surface area contributed by atoms with E-state index in [0.717, 1.165) is 42.8 Å². The van der Waals surface area contributed by atoms with Crippen molar-refractivity contribution in [2.24, 2.45) is 0 Å². The summed E-state index contributed by atoms with van der Waals surface area (Å²) in [5.74, 6) is -7.55. The van der Waals surface area contributed by atoms with E-state index in [1.165, 1.54) is 6.08 Å². The van der Waals surface area contributed by atoms with Crippen molar-refractivity contribution >= 4 is 61.9 Å². The third-order valence-corrected chi connectivity index (χ3v) is 10.1. The summed E-state index contributed by atoms with van der Waals surface area (Å²) in [5, 5.41) is 6.04. The van der Waals surface area contributed by atoms with Crippen molar-refractivity contribution in [2.45, 2.75) is 18.3 Å². The second kappa shape index (κ2) is 8.06. The Kier molecular flexibility index (Phi) is 4.91. The number of rotatable bonds is 3. The molecule has 0 N–H and O–H groups in total. The average Bonchev–Trinajstić information content (AvgIpc) is 3.68. The third kappa shape index (κ3) is 3.02.